The molecule has 1 atom stereocenters. The Balaban J connectivity index is 1.37. The van der Waals surface area contributed by atoms with Crippen molar-refractivity contribution in [2.24, 2.45) is 5.41 Å². The van der Waals surface area contributed by atoms with Crippen molar-refractivity contribution in [2.75, 3.05) is 46.5 Å². The molecule has 0 aromatic heterocycles. The molecule has 0 N–H and O–H groups in total. The van der Waals surface area contributed by atoms with E-state index >= 15 is 0 Å². The Morgan fingerprint density at radius 3 is 2.88 bits per heavy atom. The molecule has 3 saturated heterocycles. The Hall–Kier alpha value is -1.10. The minimum absolute atomic E-state index is 0.523. The van der Waals surface area contributed by atoms with Gasteiger partial charge in [-0.05, 0) is 68.3 Å². The predicted octanol–water partition coefficient (Wildman–Crippen LogP) is 3.16. The molecule has 1 aromatic rings. The maximum atomic E-state index is 5.55. The summed E-state index contributed by atoms with van der Waals surface area (Å²) in [4.78, 5) is 5.45. The lowest BCUT2D eigenvalue weighted by molar-refractivity contribution is 0.0302. The quantitative estimate of drug-likeness (QED) is 0.838. The van der Waals surface area contributed by atoms with Gasteiger partial charge in [0.1, 0.15) is 5.75 Å². The van der Waals surface area contributed by atoms with Crippen molar-refractivity contribution < 1.29 is 9.47 Å². The van der Waals surface area contributed by atoms with Crippen LogP contribution in [-0.4, -0.2) is 62.3 Å². The number of benzene rings is 1. The molecule has 0 saturated carbocycles. The Morgan fingerprint density at radius 2 is 2.04 bits per heavy atom. The third kappa shape index (κ3) is 4.02. The van der Waals surface area contributed by atoms with Crippen LogP contribution in [0, 0.1) is 5.41 Å². The fraction of sp³-hybridized carbons (Fsp3) is 0.714. The zero-order chi connectivity index (χ0) is 17.1. The average Bonchev–Trinajstić information content (AvgIpc) is 3.06. The SMILES string of the molecule is COc1cccc(CN2CCCC3(CCN(C4CCOCC4)C3)C2)c1. The minimum atomic E-state index is 0.523. The second-order valence-electron chi connectivity index (χ2n) is 8.23. The standard InChI is InChI=1S/C21H32N2O2/c1-24-20-5-2-4-18(14-20)15-22-10-3-8-21(16-22)9-11-23(17-21)19-6-12-25-13-7-19/h2,4-5,14,19H,3,6-13,15-17H2,1H3. The van der Waals surface area contributed by atoms with Crippen LogP contribution in [0.5, 0.6) is 5.75 Å². The lowest BCUT2D eigenvalue weighted by Crippen LogP contribution is -2.46. The predicted molar refractivity (Wildman–Crippen MR) is 100.0 cm³/mol. The van der Waals surface area contributed by atoms with Gasteiger partial charge in [0.25, 0.3) is 0 Å². The Bertz CT molecular complexity index is 573. The number of ether oxygens (including phenoxy) is 2. The summed E-state index contributed by atoms with van der Waals surface area (Å²) in [5, 5.41) is 0. The van der Waals surface area contributed by atoms with E-state index in [0.29, 0.717) is 5.41 Å². The fourth-order valence-electron chi connectivity index (χ4n) is 5.14. The van der Waals surface area contributed by atoms with Crippen molar-refractivity contribution in [2.45, 2.75) is 44.7 Å². The Morgan fingerprint density at radius 1 is 1.16 bits per heavy atom. The van der Waals surface area contributed by atoms with Gasteiger partial charge in [-0.3, -0.25) is 9.80 Å². The summed E-state index contributed by atoms with van der Waals surface area (Å²) in [5.41, 5.74) is 1.89. The highest BCUT2D eigenvalue weighted by Gasteiger charge is 2.43. The van der Waals surface area contributed by atoms with E-state index in [-0.39, 0.29) is 0 Å². The molecule has 0 amide bonds. The molecule has 25 heavy (non-hydrogen) atoms. The summed E-state index contributed by atoms with van der Waals surface area (Å²) in [5.74, 6) is 0.968. The first-order valence-corrected chi connectivity index (χ1v) is 9.93. The van der Waals surface area contributed by atoms with Crippen LogP contribution < -0.4 is 4.74 Å². The van der Waals surface area contributed by atoms with Crippen LogP contribution in [0.3, 0.4) is 0 Å². The van der Waals surface area contributed by atoms with E-state index in [1.165, 1.54) is 63.8 Å². The summed E-state index contributed by atoms with van der Waals surface area (Å²) in [6.07, 6.45) is 6.57. The third-order valence-corrected chi connectivity index (χ3v) is 6.46. The lowest BCUT2D eigenvalue weighted by atomic mass is 9.79. The first-order valence-electron chi connectivity index (χ1n) is 9.93. The molecule has 0 radical (unpaired) electrons. The van der Waals surface area contributed by atoms with Crippen molar-refractivity contribution in [1.82, 2.24) is 9.80 Å². The maximum absolute atomic E-state index is 5.55. The molecule has 0 aliphatic carbocycles. The van der Waals surface area contributed by atoms with Crippen molar-refractivity contribution in [3.05, 3.63) is 29.8 Å². The van der Waals surface area contributed by atoms with E-state index < -0.39 is 0 Å². The third-order valence-electron chi connectivity index (χ3n) is 6.46. The number of hydrogen-bond acceptors (Lipinski definition) is 4. The van der Waals surface area contributed by atoms with Crippen LogP contribution in [0.2, 0.25) is 0 Å². The van der Waals surface area contributed by atoms with Crippen LogP contribution in [0.25, 0.3) is 0 Å². The highest BCUT2D eigenvalue weighted by molar-refractivity contribution is 5.28. The highest BCUT2D eigenvalue weighted by atomic mass is 16.5. The van der Waals surface area contributed by atoms with Gasteiger partial charge in [0.2, 0.25) is 0 Å². The van der Waals surface area contributed by atoms with E-state index in [0.717, 1.165) is 31.5 Å². The maximum Gasteiger partial charge on any atom is 0.119 e. The molecular formula is C21H32N2O2. The van der Waals surface area contributed by atoms with Gasteiger partial charge in [0.15, 0.2) is 0 Å². The largest absolute Gasteiger partial charge is 0.497 e. The number of hydrogen-bond donors (Lipinski definition) is 0. The van der Waals surface area contributed by atoms with Gasteiger partial charge in [0, 0.05) is 38.9 Å². The van der Waals surface area contributed by atoms with Crippen LogP contribution in [-0.2, 0) is 11.3 Å². The van der Waals surface area contributed by atoms with Gasteiger partial charge in [-0.2, -0.15) is 0 Å². The Labute approximate surface area is 152 Å². The highest BCUT2D eigenvalue weighted by Crippen LogP contribution is 2.41. The number of likely N-dealkylation sites (tertiary alicyclic amines) is 2. The van der Waals surface area contributed by atoms with E-state index in [2.05, 4.69) is 28.0 Å². The molecule has 4 nitrogen and oxygen atoms in total. The van der Waals surface area contributed by atoms with E-state index in [1.54, 1.807) is 7.11 Å². The normalized spacial score (nSPS) is 29.3. The van der Waals surface area contributed by atoms with E-state index in [9.17, 15) is 0 Å². The van der Waals surface area contributed by atoms with Gasteiger partial charge in [-0.15, -0.1) is 0 Å². The molecular weight excluding hydrogens is 312 g/mol. The monoisotopic (exact) mass is 344 g/mol. The molecule has 4 rings (SSSR count). The summed E-state index contributed by atoms with van der Waals surface area (Å²) < 4.78 is 10.9. The Kier molecular flexibility index (Phi) is 5.30. The van der Waals surface area contributed by atoms with Gasteiger partial charge in [0.05, 0.1) is 7.11 Å². The van der Waals surface area contributed by atoms with Crippen LogP contribution in [0.15, 0.2) is 24.3 Å². The zero-order valence-corrected chi connectivity index (χ0v) is 15.6. The molecule has 1 aromatic carbocycles. The summed E-state index contributed by atoms with van der Waals surface area (Å²) in [6, 6.07) is 9.32. The zero-order valence-electron chi connectivity index (χ0n) is 15.6. The number of methoxy groups -OCH3 is 1. The van der Waals surface area contributed by atoms with Crippen molar-refractivity contribution in [3.63, 3.8) is 0 Å². The molecule has 3 aliphatic rings. The molecule has 3 fully saturated rings. The molecule has 4 heteroatoms. The summed E-state index contributed by atoms with van der Waals surface area (Å²) in [7, 11) is 1.75. The van der Waals surface area contributed by atoms with Crippen molar-refractivity contribution in [1.29, 1.82) is 0 Å². The fourth-order valence-corrected chi connectivity index (χ4v) is 5.14. The second-order valence-corrected chi connectivity index (χ2v) is 8.23. The molecule has 1 spiro atoms. The first-order chi connectivity index (χ1) is 12.3. The lowest BCUT2D eigenvalue weighted by Gasteiger charge is -2.41. The summed E-state index contributed by atoms with van der Waals surface area (Å²) >= 11 is 0. The summed E-state index contributed by atoms with van der Waals surface area (Å²) in [6.45, 7) is 8.03. The average molecular weight is 344 g/mol. The topological polar surface area (TPSA) is 24.9 Å². The van der Waals surface area contributed by atoms with E-state index in [4.69, 9.17) is 9.47 Å². The first kappa shape index (κ1) is 17.3. The van der Waals surface area contributed by atoms with Crippen LogP contribution in [0.1, 0.15) is 37.7 Å². The minimum Gasteiger partial charge on any atom is -0.497 e. The van der Waals surface area contributed by atoms with Gasteiger partial charge < -0.3 is 9.47 Å². The van der Waals surface area contributed by atoms with E-state index in [1.807, 2.05) is 6.07 Å². The van der Waals surface area contributed by atoms with Gasteiger partial charge in [-0.1, -0.05) is 12.1 Å². The smallest absolute Gasteiger partial charge is 0.119 e. The number of nitrogens with zero attached hydrogens (tertiary/aromatic N) is 2. The molecule has 3 heterocycles. The molecule has 3 aliphatic heterocycles. The van der Waals surface area contributed by atoms with Gasteiger partial charge >= 0.3 is 0 Å². The van der Waals surface area contributed by atoms with Crippen molar-refractivity contribution in [3.8, 4) is 5.75 Å². The van der Waals surface area contributed by atoms with Crippen LogP contribution >= 0.6 is 0 Å². The number of piperidine rings is 1. The molecule has 0 bridgehead atoms. The van der Waals surface area contributed by atoms with Crippen molar-refractivity contribution >= 4 is 0 Å². The van der Waals surface area contributed by atoms with Gasteiger partial charge in [-0.25, -0.2) is 0 Å². The number of rotatable bonds is 4. The molecule has 138 valence electrons. The van der Waals surface area contributed by atoms with Crippen LogP contribution in [0.4, 0.5) is 0 Å². The second kappa shape index (κ2) is 7.65. The molecule has 1 unspecified atom stereocenters.